The number of aryl methyl sites for hydroxylation is 1. The van der Waals surface area contributed by atoms with E-state index in [4.69, 9.17) is 0 Å². The molecule has 6 nitrogen and oxygen atoms in total. The van der Waals surface area contributed by atoms with Crippen LogP contribution in [0.15, 0.2) is 60.3 Å². The topological polar surface area (TPSA) is 94.0 Å². The molecule has 0 fully saturated rings. The van der Waals surface area contributed by atoms with E-state index >= 15 is 0 Å². The lowest BCUT2D eigenvalue weighted by molar-refractivity contribution is -0.114. The predicted molar refractivity (Wildman–Crippen MR) is 97.9 cm³/mol. The van der Waals surface area contributed by atoms with Gasteiger partial charge in [0.15, 0.2) is 0 Å². The molecule has 0 aromatic heterocycles. The highest BCUT2D eigenvalue weighted by atomic mass is 16.2. The zero-order valence-corrected chi connectivity index (χ0v) is 14.0. The number of nitrogens with zero attached hydrogens (tertiary/aromatic N) is 1. The molecule has 2 aromatic rings. The third-order valence-electron chi connectivity index (χ3n) is 3.26. The molecule has 0 aliphatic rings. The van der Waals surface area contributed by atoms with E-state index in [-0.39, 0.29) is 11.5 Å². The van der Waals surface area contributed by atoms with Crippen molar-refractivity contribution < 1.29 is 9.59 Å². The molecular weight excluding hydrogens is 316 g/mol. The Hall–Kier alpha value is -3.59. The van der Waals surface area contributed by atoms with E-state index < -0.39 is 5.91 Å². The molecule has 0 spiro atoms. The fraction of sp³-hybridized carbons (Fsp3) is 0.105. The van der Waals surface area contributed by atoms with Gasteiger partial charge in [0.05, 0.1) is 0 Å². The molecule has 0 saturated carbocycles. The molecule has 6 heteroatoms. The molecule has 126 valence electrons. The number of carbonyl (C=O) groups is 2. The molecule has 0 bridgehead atoms. The first kappa shape index (κ1) is 17.8. The van der Waals surface area contributed by atoms with E-state index in [1.807, 2.05) is 25.1 Å². The number of nitriles is 1. The molecule has 25 heavy (non-hydrogen) atoms. The highest BCUT2D eigenvalue weighted by Gasteiger charge is 2.09. The summed E-state index contributed by atoms with van der Waals surface area (Å²) in [6.45, 7) is 3.38. The van der Waals surface area contributed by atoms with E-state index in [1.165, 1.54) is 13.1 Å². The van der Waals surface area contributed by atoms with Crippen LogP contribution >= 0.6 is 0 Å². The predicted octanol–water partition coefficient (Wildman–Crippen LogP) is 3.41. The van der Waals surface area contributed by atoms with E-state index in [2.05, 4.69) is 16.0 Å². The number of benzene rings is 2. The monoisotopic (exact) mass is 334 g/mol. The van der Waals surface area contributed by atoms with Gasteiger partial charge >= 0.3 is 0 Å². The van der Waals surface area contributed by atoms with Crippen LogP contribution in [0, 0.1) is 18.3 Å². The van der Waals surface area contributed by atoms with Crippen LogP contribution in [0.25, 0.3) is 0 Å². The maximum absolute atomic E-state index is 12.1. The van der Waals surface area contributed by atoms with E-state index in [1.54, 1.807) is 36.4 Å². The number of hydrogen-bond donors (Lipinski definition) is 3. The molecule has 0 heterocycles. The molecule has 0 aliphatic heterocycles. The van der Waals surface area contributed by atoms with Crippen molar-refractivity contribution in [2.75, 3.05) is 16.0 Å². The quantitative estimate of drug-likeness (QED) is 0.577. The summed E-state index contributed by atoms with van der Waals surface area (Å²) in [6, 6.07) is 16.1. The maximum Gasteiger partial charge on any atom is 0.267 e. The maximum atomic E-state index is 12.1. The van der Waals surface area contributed by atoms with Crippen LogP contribution in [-0.4, -0.2) is 11.8 Å². The van der Waals surface area contributed by atoms with Gasteiger partial charge in [-0.3, -0.25) is 9.59 Å². The molecule has 2 amide bonds. The van der Waals surface area contributed by atoms with Gasteiger partial charge in [-0.15, -0.1) is 0 Å². The summed E-state index contributed by atoms with van der Waals surface area (Å²) in [5, 5.41) is 17.4. The van der Waals surface area contributed by atoms with Crippen LogP contribution in [0.4, 0.5) is 17.1 Å². The standard InChI is InChI=1S/C19H18N4O2/c1-13-3-5-18(6-4-13)23-19(25)15(11-20)12-21-16-7-9-17(10-8-16)22-14(2)24/h3-10,12,21H,1-2H3,(H,22,24)(H,23,25)/b15-12-. The Bertz CT molecular complexity index is 831. The lowest BCUT2D eigenvalue weighted by Gasteiger charge is -2.06. The first-order valence-electron chi connectivity index (χ1n) is 7.60. The van der Waals surface area contributed by atoms with Gasteiger partial charge in [0.2, 0.25) is 5.91 Å². The molecule has 2 rings (SSSR count). The van der Waals surface area contributed by atoms with Crippen LogP contribution in [0.3, 0.4) is 0 Å². The summed E-state index contributed by atoms with van der Waals surface area (Å²) in [6.07, 6.45) is 1.34. The highest BCUT2D eigenvalue weighted by molar-refractivity contribution is 6.06. The first-order chi connectivity index (χ1) is 12.0. The minimum absolute atomic E-state index is 0.0495. The average Bonchev–Trinajstić information content (AvgIpc) is 2.58. The largest absolute Gasteiger partial charge is 0.360 e. The number of rotatable bonds is 5. The Balaban J connectivity index is 2.01. The van der Waals surface area contributed by atoms with Gasteiger partial charge in [0.1, 0.15) is 11.6 Å². The lowest BCUT2D eigenvalue weighted by atomic mass is 10.2. The molecule has 3 N–H and O–H groups in total. The molecule has 0 aliphatic carbocycles. The van der Waals surface area contributed by atoms with Crippen LogP contribution in [0.1, 0.15) is 12.5 Å². The minimum Gasteiger partial charge on any atom is -0.360 e. The van der Waals surface area contributed by atoms with Crippen molar-refractivity contribution >= 4 is 28.9 Å². The third kappa shape index (κ3) is 5.52. The number of hydrogen-bond acceptors (Lipinski definition) is 4. The zero-order chi connectivity index (χ0) is 18.2. The summed E-state index contributed by atoms with van der Waals surface area (Å²) >= 11 is 0. The van der Waals surface area contributed by atoms with Gasteiger partial charge in [-0.05, 0) is 43.3 Å². The van der Waals surface area contributed by atoms with Gasteiger partial charge in [-0.1, -0.05) is 17.7 Å². The SMILES string of the molecule is CC(=O)Nc1ccc(N/C=C(/C#N)C(=O)Nc2ccc(C)cc2)cc1. The van der Waals surface area contributed by atoms with Gasteiger partial charge in [0, 0.05) is 30.2 Å². The second kappa shape index (κ2) is 8.31. The van der Waals surface area contributed by atoms with Crippen molar-refractivity contribution in [2.24, 2.45) is 0 Å². The summed E-state index contributed by atoms with van der Waals surface area (Å²) in [7, 11) is 0. The van der Waals surface area contributed by atoms with Crippen molar-refractivity contribution in [1.29, 1.82) is 5.26 Å². The number of carbonyl (C=O) groups excluding carboxylic acids is 2. The molecular formula is C19H18N4O2. The van der Waals surface area contributed by atoms with Crippen molar-refractivity contribution in [2.45, 2.75) is 13.8 Å². The second-order valence-corrected chi connectivity index (χ2v) is 5.39. The molecule has 2 aromatic carbocycles. The molecule has 0 saturated heterocycles. The smallest absolute Gasteiger partial charge is 0.267 e. The summed E-state index contributed by atoms with van der Waals surface area (Å²) in [4.78, 5) is 23.1. The van der Waals surface area contributed by atoms with E-state index in [9.17, 15) is 14.9 Å². The van der Waals surface area contributed by atoms with Crippen molar-refractivity contribution in [3.63, 3.8) is 0 Å². The van der Waals surface area contributed by atoms with Crippen LogP contribution in [-0.2, 0) is 9.59 Å². The Kier molecular flexibility index (Phi) is 5.91. The second-order valence-electron chi connectivity index (χ2n) is 5.39. The van der Waals surface area contributed by atoms with Gasteiger partial charge in [-0.25, -0.2) is 0 Å². The number of amides is 2. The van der Waals surface area contributed by atoms with Crippen LogP contribution < -0.4 is 16.0 Å². The normalized spacial score (nSPS) is 10.5. The third-order valence-corrected chi connectivity index (χ3v) is 3.26. The summed E-state index contributed by atoms with van der Waals surface area (Å²) in [5.74, 6) is -0.645. The van der Waals surface area contributed by atoms with Gasteiger partial charge in [0.25, 0.3) is 5.91 Å². The number of nitrogens with one attached hydrogen (secondary N) is 3. The first-order valence-corrected chi connectivity index (χ1v) is 7.60. The van der Waals surface area contributed by atoms with Crippen molar-refractivity contribution in [1.82, 2.24) is 0 Å². The number of anilines is 3. The average molecular weight is 334 g/mol. The minimum atomic E-state index is -0.492. The van der Waals surface area contributed by atoms with Crippen molar-refractivity contribution in [3.05, 3.63) is 65.9 Å². The Morgan fingerprint density at radius 3 is 2.00 bits per heavy atom. The molecule has 0 radical (unpaired) electrons. The van der Waals surface area contributed by atoms with Crippen LogP contribution in [0.2, 0.25) is 0 Å². The van der Waals surface area contributed by atoms with E-state index in [0.717, 1.165) is 5.56 Å². The molecule has 0 unspecified atom stereocenters. The zero-order valence-electron chi connectivity index (χ0n) is 14.0. The van der Waals surface area contributed by atoms with Crippen LogP contribution in [0.5, 0.6) is 0 Å². The fourth-order valence-electron chi connectivity index (χ4n) is 1.99. The van der Waals surface area contributed by atoms with Gasteiger partial charge < -0.3 is 16.0 Å². The van der Waals surface area contributed by atoms with Crippen molar-refractivity contribution in [3.8, 4) is 6.07 Å². The summed E-state index contributed by atoms with van der Waals surface area (Å²) < 4.78 is 0. The summed E-state index contributed by atoms with van der Waals surface area (Å²) in [5.41, 5.74) is 3.01. The Morgan fingerprint density at radius 1 is 0.920 bits per heavy atom. The van der Waals surface area contributed by atoms with E-state index in [0.29, 0.717) is 17.1 Å². The fourth-order valence-corrected chi connectivity index (χ4v) is 1.99. The Morgan fingerprint density at radius 2 is 1.44 bits per heavy atom. The molecule has 0 atom stereocenters. The highest BCUT2D eigenvalue weighted by Crippen LogP contribution is 2.14. The van der Waals surface area contributed by atoms with Gasteiger partial charge in [-0.2, -0.15) is 5.26 Å². The lowest BCUT2D eigenvalue weighted by Crippen LogP contribution is -2.14. The Labute approximate surface area is 146 Å².